The second kappa shape index (κ2) is 7.53. The summed E-state index contributed by atoms with van der Waals surface area (Å²) < 4.78 is 21.3. The van der Waals surface area contributed by atoms with E-state index in [1.54, 1.807) is 6.92 Å². The lowest BCUT2D eigenvalue weighted by Crippen LogP contribution is -2.36. The van der Waals surface area contributed by atoms with E-state index in [2.05, 4.69) is 26.9 Å². The van der Waals surface area contributed by atoms with Crippen LogP contribution in [0, 0.1) is 17.8 Å². The molecule has 1 aromatic rings. The van der Waals surface area contributed by atoms with Crippen molar-refractivity contribution in [2.24, 2.45) is 11.0 Å². The smallest absolute Gasteiger partial charge is 0.330 e. The monoisotopic (exact) mass is 351 g/mol. The van der Waals surface area contributed by atoms with Gasteiger partial charge in [-0.05, 0) is 12.0 Å². The van der Waals surface area contributed by atoms with Gasteiger partial charge in [-0.15, -0.1) is 0 Å². The molecule has 9 nitrogen and oxygen atoms in total. The average molecular weight is 351 g/mol. The van der Waals surface area contributed by atoms with Gasteiger partial charge in [0.15, 0.2) is 18.1 Å². The van der Waals surface area contributed by atoms with E-state index in [1.165, 1.54) is 6.92 Å². The molecule has 0 aromatic carbocycles. The number of aliphatic hydroxyl groups excluding tert-OH is 1. The summed E-state index contributed by atoms with van der Waals surface area (Å²) in [6.45, 7) is 3.04. The molecule has 4 atom stereocenters. The second-order valence-electron chi connectivity index (χ2n) is 5.61. The van der Waals surface area contributed by atoms with Crippen LogP contribution in [0.4, 0.5) is 4.39 Å². The van der Waals surface area contributed by atoms with Crippen LogP contribution < -0.4 is 11.2 Å². The summed E-state index contributed by atoms with van der Waals surface area (Å²) >= 11 is 0. The molecule has 0 radical (unpaired) electrons. The summed E-state index contributed by atoms with van der Waals surface area (Å²) in [7, 11) is 0. The number of azide groups is 1. The number of aliphatic hydroxyl groups is 1. The van der Waals surface area contributed by atoms with Crippen molar-refractivity contribution in [2.75, 3.05) is 6.61 Å². The number of rotatable bonds is 4. The fraction of sp³-hybridized carbons (Fsp3) is 0.600. The number of aromatic nitrogens is 2. The van der Waals surface area contributed by atoms with Crippen molar-refractivity contribution in [3.05, 3.63) is 43.0 Å². The highest BCUT2D eigenvalue weighted by molar-refractivity contribution is 5.29. The largest absolute Gasteiger partial charge is 0.395 e. The Balaban J connectivity index is 2.50. The molecule has 0 saturated carbocycles. The van der Waals surface area contributed by atoms with Crippen LogP contribution in [0.5, 0.6) is 0 Å². The van der Waals surface area contributed by atoms with Crippen LogP contribution in [0.15, 0.2) is 20.9 Å². The lowest BCUT2D eigenvalue weighted by atomic mass is 9.94. The van der Waals surface area contributed by atoms with Crippen LogP contribution in [-0.4, -0.2) is 33.2 Å². The van der Waals surface area contributed by atoms with Gasteiger partial charge < -0.3 is 9.84 Å². The van der Waals surface area contributed by atoms with Gasteiger partial charge in [-0.1, -0.05) is 30.8 Å². The number of nitrogens with zero attached hydrogens (tertiary/aromatic N) is 4. The van der Waals surface area contributed by atoms with Crippen molar-refractivity contribution >= 4 is 0 Å². The molecular formula is C15H18FN5O4. The average Bonchev–Trinajstić information content (AvgIpc) is 2.83. The molecule has 0 bridgehead atoms. The van der Waals surface area contributed by atoms with Gasteiger partial charge in [0.2, 0.25) is 0 Å². The zero-order valence-electron chi connectivity index (χ0n) is 13.8. The third-order valence-electron chi connectivity index (χ3n) is 4.21. The van der Waals surface area contributed by atoms with Gasteiger partial charge in [0.1, 0.15) is 5.56 Å². The molecule has 0 amide bonds. The van der Waals surface area contributed by atoms with Gasteiger partial charge in [-0.3, -0.25) is 14.3 Å². The highest BCUT2D eigenvalue weighted by atomic mass is 19.1. The Morgan fingerprint density at radius 1 is 1.60 bits per heavy atom. The predicted molar refractivity (Wildman–Crippen MR) is 86.3 cm³/mol. The molecule has 1 aliphatic rings. The predicted octanol–water partition coefficient (Wildman–Crippen LogP) is 1.19. The number of alkyl halides is 1. The number of aromatic amines is 1. The molecule has 2 heterocycles. The number of hydrogen-bond donors (Lipinski definition) is 2. The van der Waals surface area contributed by atoms with Crippen molar-refractivity contribution < 1.29 is 14.2 Å². The Kier molecular flexibility index (Phi) is 5.64. The molecule has 1 aromatic heterocycles. The molecular weight excluding hydrogens is 333 g/mol. The zero-order valence-corrected chi connectivity index (χ0v) is 13.8. The zero-order chi connectivity index (χ0) is 18.6. The first-order valence-electron chi connectivity index (χ1n) is 7.73. The maximum Gasteiger partial charge on any atom is 0.330 e. The third-order valence-corrected chi connectivity index (χ3v) is 4.21. The van der Waals surface area contributed by atoms with E-state index >= 15 is 0 Å². The van der Waals surface area contributed by atoms with Crippen LogP contribution in [0.2, 0.25) is 0 Å². The molecule has 0 unspecified atom stereocenters. The molecule has 1 fully saturated rings. The van der Waals surface area contributed by atoms with Crippen molar-refractivity contribution in [1.29, 1.82) is 0 Å². The van der Waals surface area contributed by atoms with E-state index in [-0.39, 0.29) is 25.0 Å². The van der Waals surface area contributed by atoms with Gasteiger partial charge in [0, 0.05) is 23.4 Å². The van der Waals surface area contributed by atoms with Gasteiger partial charge in [0.25, 0.3) is 5.56 Å². The number of hydrogen-bond acceptors (Lipinski definition) is 5. The lowest BCUT2D eigenvalue weighted by molar-refractivity contribution is -0.0878. The van der Waals surface area contributed by atoms with Crippen LogP contribution in [0.3, 0.4) is 0 Å². The summed E-state index contributed by atoms with van der Waals surface area (Å²) in [4.78, 5) is 28.7. The number of ether oxygens (including phenoxy) is 1. The number of halogens is 1. The minimum absolute atomic E-state index is 0.0608. The molecule has 25 heavy (non-hydrogen) atoms. The van der Waals surface area contributed by atoms with Gasteiger partial charge in [-0.25, -0.2) is 9.18 Å². The Hall–Kier alpha value is -2.60. The van der Waals surface area contributed by atoms with E-state index in [1.807, 2.05) is 0 Å². The van der Waals surface area contributed by atoms with E-state index in [0.717, 1.165) is 10.8 Å². The minimum atomic E-state index is -1.63. The Labute approximate surface area is 142 Å². The summed E-state index contributed by atoms with van der Waals surface area (Å²) in [6.07, 6.45) is -1.51. The van der Waals surface area contributed by atoms with Gasteiger partial charge in [0.05, 0.1) is 6.61 Å². The molecule has 0 aliphatic carbocycles. The summed E-state index contributed by atoms with van der Waals surface area (Å²) in [5, 5.41) is 12.3. The maximum absolute atomic E-state index is 14.8. The fourth-order valence-corrected chi connectivity index (χ4v) is 2.73. The Morgan fingerprint density at radius 3 is 2.92 bits per heavy atom. The SMILES string of the molecule is CC[C@@]1(N=[N+]=[N-])O[C@@H](n2cc(C#CCCO)c(=O)[nH]c2=O)[C@@H](F)[C@@H]1C. The van der Waals surface area contributed by atoms with E-state index < -0.39 is 35.3 Å². The number of H-pyrrole nitrogens is 1. The molecule has 10 heteroatoms. The Morgan fingerprint density at radius 2 is 2.32 bits per heavy atom. The topological polar surface area (TPSA) is 133 Å². The van der Waals surface area contributed by atoms with Crippen LogP contribution >= 0.6 is 0 Å². The molecule has 1 aliphatic heterocycles. The molecule has 1 saturated heterocycles. The first kappa shape index (κ1) is 18.7. The highest BCUT2D eigenvalue weighted by Gasteiger charge is 2.53. The van der Waals surface area contributed by atoms with Crippen LogP contribution in [0.25, 0.3) is 10.4 Å². The van der Waals surface area contributed by atoms with Crippen molar-refractivity contribution in [3.8, 4) is 11.8 Å². The molecule has 2 rings (SSSR count). The number of nitrogens with one attached hydrogen (secondary N) is 1. The van der Waals surface area contributed by atoms with Crippen molar-refractivity contribution in [3.63, 3.8) is 0 Å². The van der Waals surface area contributed by atoms with Crippen molar-refractivity contribution in [2.45, 2.75) is 44.8 Å². The normalized spacial score (nSPS) is 28.1. The second-order valence-corrected chi connectivity index (χ2v) is 5.61. The van der Waals surface area contributed by atoms with Crippen LogP contribution in [-0.2, 0) is 4.74 Å². The summed E-state index contributed by atoms with van der Waals surface area (Å²) in [5.41, 5.74) is 5.69. The molecule has 134 valence electrons. The highest BCUT2D eigenvalue weighted by Crippen LogP contribution is 2.45. The van der Waals surface area contributed by atoms with E-state index in [0.29, 0.717) is 0 Å². The van der Waals surface area contributed by atoms with E-state index in [9.17, 15) is 14.0 Å². The van der Waals surface area contributed by atoms with Crippen molar-refractivity contribution in [1.82, 2.24) is 9.55 Å². The first-order valence-corrected chi connectivity index (χ1v) is 7.73. The minimum Gasteiger partial charge on any atom is -0.395 e. The molecule has 2 N–H and O–H groups in total. The standard InChI is InChI=1S/C15H18FN5O4/c1-3-15(19-20-17)9(2)11(16)13(25-15)21-8-10(6-4-5-7-22)12(23)18-14(21)24/h8-9,11,13,22H,3,5,7H2,1-2H3,(H,18,23,24)/t9-,11-,13+,15+/m0/s1. The van der Waals surface area contributed by atoms with Gasteiger partial charge in [-0.2, -0.15) is 0 Å². The Bertz CT molecular complexity index is 863. The summed E-state index contributed by atoms with van der Waals surface area (Å²) in [5.74, 6) is 4.29. The van der Waals surface area contributed by atoms with E-state index in [4.69, 9.17) is 15.4 Å². The maximum atomic E-state index is 14.8. The third kappa shape index (κ3) is 3.44. The lowest BCUT2D eigenvalue weighted by Gasteiger charge is -2.25. The quantitative estimate of drug-likeness (QED) is 0.365. The fourth-order valence-electron chi connectivity index (χ4n) is 2.73. The molecule has 0 spiro atoms. The van der Waals surface area contributed by atoms with Gasteiger partial charge >= 0.3 is 5.69 Å². The van der Waals surface area contributed by atoms with Crippen LogP contribution in [0.1, 0.15) is 38.5 Å². The summed E-state index contributed by atoms with van der Waals surface area (Å²) in [6, 6.07) is 0. The first-order chi connectivity index (χ1) is 11.9.